The van der Waals surface area contributed by atoms with Gasteiger partial charge in [0.25, 0.3) is 0 Å². The van der Waals surface area contributed by atoms with Crippen LogP contribution in [0.15, 0.2) is 18.2 Å². The van der Waals surface area contributed by atoms with Gasteiger partial charge in [0.2, 0.25) is 0 Å². The molecule has 1 aliphatic heterocycles. The van der Waals surface area contributed by atoms with Crippen molar-refractivity contribution in [3.8, 4) is 0 Å². The minimum atomic E-state index is -0.960. The van der Waals surface area contributed by atoms with Crippen molar-refractivity contribution in [2.75, 3.05) is 31.3 Å². The number of hydrogen-bond donors (Lipinski definition) is 1. The smallest absolute Gasteiger partial charge is 0.335 e. The maximum atomic E-state index is 10.9. The van der Waals surface area contributed by atoms with Crippen LogP contribution >= 0.6 is 0 Å². The Morgan fingerprint density at radius 1 is 1.33 bits per heavy atom. The Kier molecular flexibility index (Phi) is 2.60. The van der Waals surface area contributed by atoms with Gasteiger partial charge in [0.15, 0.2) is 0 Å². The van der Waals surface area contributed by atoms with Crippen LogP contribution in [0, 0.1) is 0 Å². The summed E-state index contributed by atoms with van der Waals surface area (Å²) >= 11 is 0. The highest BCUT2D eigenvalue weighted by Crippen LogP contribution is 2.14. The van der Waals surface area contributed by atoms with Gasteiger partial charge >= 0.3 is 5.97 Å². The Bertz CT molecular complexity index is 589. The number of benzene rings is 1. The van der Waals surface area contributed by atoms with Crippen molar-refractivity contribution in [1.82, 2.24) is 15.1 Å². The Morgan fingerprint density at radius 2 is 2.11 bits per heavy atom. The van der Waals surface area contributed by atoms with E-state index in [-0.39, 0.29) is 5.56 Å². The number of fused-ring (bicyclic) bond motifs is 1. The van der Waals surface area contributed by atoms with Gasteiger partial charge < -0.3 is 9.84 Å². The molecule has 7 heteroatoms. The molecular weight excluding hydrogens is 236 g/mol. The summed E-state index contributed by atoms with van der Waals surface area (Å²) in [5, 5.41) is 19.0. The third-order valence-electron chi connectivity index (χ3n) is 2.93. The highest BCUT2D eigenvalue weighted by Gasteiger charge is 2.16. The SMILES string of the molecule is O=C(O)c1ccc2c(c1)nnn2N1CCOCC1. The maximum absolute atomic E-state index is 10.9. The first-order chi connectivity index (χ1) is 8.75. The van der Waals surface area contributed by atoms with Crippen molar-refractivity contribution in [2.45, 2.75) is 0 Å². The van der Waals surface area contributed by atoms with Gasteiger partial charge in [-0.1, -0.05) is 0 Å². The second-order valence-corrected chi connectivity index (χ2v) is 4.05. The van der Waals surface area contributed by atoms with Gasteiger partial charge in [-0.2, -0.15) is 4.79 Å². The number of carboxylic acids is 1. The molecule has 1 fully saturated rings. The number of carbonyl (C=O) groups is 1. The lowest BCUT2D eigenvalue weighted by molar-refractivity contribution is 0.0697. The molecule has 7 nitrogen and oxygen atoms in total. The van der Waals surface area contributed by atoms with Crippen LogP contribution in [0.5, 0.6) is 0 Å². The molecule has 1 aromatic carbocycles. The van der Waals surface area contributed by atoms with Crippen LogP contribution in [0.4, 0.5) is 0 Å². The van der Waals surface area contributed by atoms with Crippen LogP contribution < -0.4 is 5.01 Å². The van der Waals surface area contributed by atoms with Gasteiger partial charge in [-0.15, -0.1) is 5.10 Å². The molecule has 1 saturated heterocycles. The Balaban J connectivity index is 2.01. The van der Waals surface area contributed by atoms with Crippen molar-refractivity contribution >= 4 is 17.0 Å². The van der Waals surface area contributed by atoms with E-state index in [0.29, 0.717) is 18.7 Å². The van der Waals surface area contributed by atoms with E-state index in [0.717, 1.165) is 18.6 Å². The summed E-state index contributed by atoms with van der Waals surface area (Å²) in [5.41, 5.74) is 1.61. The van der Waals surface area contributed by atoms with Crippen molar-refractivity contribution in [3.05, 3.63) is 23.8 Å². The number of aromatic nitrogens is 3. The third kappa shape index (κ3) is 1.78. The summed E-state index contributed by atoms with van der Waals surface area (Å²) in [4.78, 5) is 12.6. The molecule has 2 aromatic rings. The van der Waals surface area contributed by atoms with Gasteiger partial charge in [-0.3, -0.25) is 5.01 Å². The molecule has 3 rings (SSSR count). The molecule has 0 saturated carbocycles. The zero-order valence-corrected chi connectivity index (χ0v) is 9.61. The second-order valence-electron chi connectivity index (χ2n) is 4.05. The van der Waals surface area contributed by atoms with Crippen molar-refractivity contribution < 1.29 is 14.6 Å². The van der Waals surface area contributed by atoms with E-state index in [4.69, 9.17) is 9.84 Å². The average molecular weight is 248 g/mol. The molecule has 0 atom stereocenters. The molecule has 0 unspecified atom stereocenters. The monoisotopic (exact) mass is 248 g/mol. The summed E-state index contributed by atoms with van der Waals surface area (Å²) in [6, 6.07) is 4.82. The molecule has 1 aromatic heterocycles. The summed E-state index contributed by atoms with van der Waals surface area (Å²) in [6.07, 6.45) is 0. The number of aromatic carboxylic acids is 1. The lowest BCUT2D eigenvalue weighted by atomic mass is 10.2. The fourth-order valence-electron chi connectivity index (χ4n) is 2.00. The van der Waals surface area contributed by atoms with Gasteiger partial charge in [-0.05, 0) is 23.4 Å². The van der Waals surface area contributed by atoms with Crippen molar-refractivity contribution in [2.24, 2.45) is 0 Å². The molecule has 0 radical (unpaired) electrons. The van der Waals surface area contributed by atoms with Crippen LogP contribution in [0.3, 0.4) is 0 Å². The Labute approximate surface area is 103 Å². The van der Waals surface area contributed by atoms with Crippen LogP contribution in [0.1, 0.15) is 10.4 Å². The average Bonchev–Trinajstić information content (AvgIpc) is 2.82. The molecule has 18 heavy (non-hydrogen) atoms. The van der Waals surface area contributed by atoms with Crippen LogP contribution in [0.2, 0.25) is 0 Å². The van der Waals surface area contributed by atoms with Gasteiger partial charge in [-0.25, -0.2) is 4.79 Å². The highest BCUT2D eigenvalue weighted by molar-refractivity contribution is 5.92. The summed E-state index contributed by atoms with van der Waals surface area (Å²) in [7, 11) is 0. The van der Waals surface area contributed by atoms with E-state index in [9.17, 15) is 4.79 Å². The minimum Gasteiger partial charge on any atom is -0.478 e. The van der Waals surface area contributed by atoms with E-state index in [1.165, 1.54) is 6.07 Å². The zero-order chi connectivity index (χ0) is 12.5. The fourth-order valence-corrected chi connectivity index (χ4v) is 2.00. The fraction of sp³-hybridized carbons (Fsp3) is 0.364. The molecule has 0 amide bonds. The predicted octanol–water partition coefficient (Wildman–Crippen LogP) is 0.0977. The molecule has 94 valence electrons. The van der Waals surface area contributed by atoms with E-state index in [2.05, 4.69) is 10.3 Å². The maximum Gasteiger partial charge on any atom is 0.335 e. The van der Waals surface area contributed by atoms with Gasteiger partial charge in [0.1, 0.15) is 11.0 Å². The zero-order valence-electron chi connectivity index (χ0n) is 9.61. The van der Waals surface area contributed by atoms with Crippen LogP contribution in [-0.4, -0.2) is 52.5 Å². The van der Waals surface area contributed by atoms with Crippen LogP contribution in [0.25, 0.3) is 11.0 Å². The van der Waals surface area contributed by atoms with Crippen molar-refractivity contribution in [3.63, 3.8) is 0 Å². The molecule has 1 N–H and O–H groups in total. The summed E-state index contributed by atoms with van der Waals surface area (Å²) < 4.78 is 5.28. The standard InChI is InChI=1S/C11H12N4O3/c16-11(17)8-1-2-10-9(7-8)12-13-15(10)14-3-5-18-6-4-14/h1-2,7H,3-6H2,(H,16,17). The lowest BCUT2D eigenvalue weighted by Crippen LogP contribution is -2.44. The molecule has 0 spiro atoms. The number of ether oxygens (including phenoxy) is 1. The van der Waals surface area contributed by atoms with Crippen LogP contribution in [-0.2, 0) is 4.74 Å². The van der Waals surface area contributed by atoms with E-state index in [1.54, 1.807) is 16.9 Å². The molecule has 0 aliphatic carbocycles. The number of rotatable bonds is 2. The van der Waals surface area contributed by atoms with Gasteiger partial charge in [0.05, 0.1) is 31.9 Å². The number of carboxylic acid groups (broad SMARTS) is 1. The summed E-state index contributed by atoms with van der Waals surface area (Å²) in [5.74, 6) is -0.960. The largest absolute Gasteiger partial charge is 0.478 e. The first-order valence-corrected chi connectivity index (χ1v) is 5.67. The first-order valence-electron chi connectivity index (χ1n) is 5.67. The number of morpholine rings is 1. The van der Waals surface area contributed by atoms with Crippen molar-refractivity contribution in [1.29, 1.82) is 0 Å². The Hall–Kier alpha value is -2.15. The van der Waals surface area contributed by atoms with E-state index >= 15 is 0 Å². The topological polar surface area (TPSA) is 80.5 Å². The third-order valence-corrected chi connectivity index (χ3v) is 2.93. The second kappa shape index (κ2) is 4.26. The molecule has 1 aliphatic rings. The highest BCUT2D eigenvalue weighted by atomic mass is 16.5. The Morgan fingerprint density at radius 3 is 2.83 bits per heavy atom. The minimum absolute atomic E-state index is 0.219. The lowest BCUT2D eigenvalue weighted by Gasteiger charge is -2.28. The normalized spacial score (nSPS) is 16.1. The predicted molar refractivity (Wildman–Crippen MR) is 63.3 cm³/mol. The van der Waals surface area contributed by atoms with Gasteiger partial charge in [0, 0.05) is 0 Å². The number of hydrogen-bond acceptors (Lipinski definition) is 5. The van der Waals surface area contributed by atoms with E-state index < -0.39 is 5.97 Å². The molecule has 2 heterocycles. The number of nitrogens with zero attached hydrogens (tertiary/aromatic N) is 4. The first kappa shape index (κ1) is 11.0. The quantitative estimate of drug-likeness (QED) is 0.811. The molecular formula is C11H12N4O3. The summed E-state index contributed by atoms with van der Waals surface area (Å²) in [6.45, 7) is 2.82. The molecule has 0 bridgehead atoms. The van der Waals surface area contributed by atoms with E-state index in [1.807, 2.05) is 5.01 Å².